The molecule has 1 saturated carbocycles. The molecule has 2 N–H and O–H groups in total. The largest absolute Gasteiger partial charge is 0.381 e. The molecule has 3 aliphatic rings. The molecule has 10 heteroatoms. The van der Waals surface area contributed by atoms with Crippen LogP contribution in [0.5, 0.6) is 0 Å². The lowest BCUT2D eigenvalue weighted by Gasteiger charge is -2.30. The number of urea groups is 1. The average molecular weight is 613 g/mol. The molecule has 10 nitrogen and oxygen atoms in total. The second kappa shape index (κ2) is 14.5. The van der Waals surface area contributed by atoms with Crippen LogP contribution in [0.15, 0.2) is 48.5 Å². The predicted molar refractivity (Wildman–Crippen MR) is 175 cm³/mol. The number of morpholine rings is 1. The molecule has 0 spiro atoms. The number of benzene rings is 2. The van der Waals surface area contributed by atoms with Gasteiger partial charge in [-0.15, -0.1) is 0 Å². The second-order valence-electron chi connectivity index (χ2n) is 12.8. The standard InChI is InChI=1S/C35H44N6O4/c1-23(2)24-3-5-25(6-4-24)31(42)26-7-11-29(12-8-26)36-35(43)37-30-13-9-27(10-14-30)32-38-33(28-15-19-44-20-16-28)40-34(39-32)41-17-21-45-22-18-41/h7-14,23-25,28H,3-6,15-22H2,1-2H3,(H2,36,37,43). The Morgan fingerprint density at radius 1 is 0.756 bits per heavy atom. The van der Waals surface area contributed by atoms with Crippen LogP contribution in [0.25, 0.3) is 11.4 Å². The van der Waals surface area contributed by atoms with Gasteiger partial charge in [0, 0.05) is 60.6 Å². The Morgan fingerprint density at radius 2 is 1.36 bits per heavy atom. The third kappa shape index (κ3) is 7.86. The first-order chi connectivity index (χ1) is 21.9. The molecule has 6 rings (SSSR count). The minimum atomic E-state index is -0.356. The molecular formula is C35H44N6O4. The number of hydrogen-bond acceptors (Lipinski definition) is 8. The van der Waals surface area contributed by atoms with Gasteiger partial charge in [-0.25, -0.2) is 9.78 Å². The van der Waals surface area contributed by atoms with E-state index >= 15 is 0 Å². The van der Waals surface area contributed by atoms with Crippen molar-refractivity contribution in [1.29, 1.82) is 0 Å². The zero-order valence-electron chi connectivity index (χ0n) is 26.3. The zero-order valence-corrected chi connectivity index (χ0v) is 26.3. The summed E-state index contributed by atoms with van der Waals surface area (Å²) in [5.74, 6) is 4.05. The summed E-state index contributed by atoms with van der Waals surface area (Å²) >= 11 is 0. The molecular weight excluding hydrogens is 568 g/mol. The maximum atomic E-state index is 13.1. The quantitative estimate of drug-likeness (QED) is 0.275. The van der Waals surface area contributed by atoms with E-state index in [4.69, 9.17) is 24.4 Å². The van der Waals surface area contributed by atoms with Crippen molar-refractivity contribution < 1.29 is 19.1 Å². The number of amides is 2. The van der Waals surface area contributed by atoms with Crippen LogP contribution >= 0.6 is 0 Å². The molecule has 238 valence electrons. The first-order valence-corrected chi connectivity index (χ1v) is 16.4. The third-order valence-electron chi connectivity index (χ3n) is 9.43. The Hall–Kier alpha value is -3.89. The monoisotopic (exact) mass is 612 g/mol. The van der Waals surface area contributed by atoms with E-state index < -0.39 is 0 Å². The zero-order chi connectivity index (χ0) is 31.2. The van der Waals surface area contributed by atoms with Crippen LogP contribution in [0.3, 0.4) is 0 Å². The van der Waals surface area contributed by atoms with Crippen molar-refractivity contribution in [3.63, 3.8) is 0 Å². The number of carbonyl (C=O) groups is 2. The molecule has 45 heavy (non-hydrogen) atoms. The number of ketones is 1. The van der Waals surface area contributed by atoms with E-state index in [2.05, 4.69) is 29.4 Å². The summed E-state index contributed by atoms with van der Waals surface area (Å²) in [5, 5.41) is 5.76. The number of nitrogens with one attached hydrogen (secondary N) is 2. The summed E-state index contributed by atoms with van der Waals surface area (Å²) < 4.78 is 11.1. The average Bonchev–Trinajstić information content (AvgIpc) is 3.09. The van der Waals surface area contributed by atoms with Crippen molar-refractivity contribution in [3.05, 3.63) is 59.9 Å². The molecule has 2 aliphatic heterocycles. The maximum Gasteiger partial charge on any atom is 0.323 e. The highest BCUT2D eigenvalue weighted by Gasteiger charge is 2.28. The van der Waals surface area contributed by atoms with E-state index in [1.807, 2.05) is 36.4 Å². The van der Waals surface area contributed by atoms with Gasteiger partial charge in [-0.2, -0.15) is 9.97 Å². The summed E-state index contributed by atoms with van der Waals surface area (Å²) in [6.45, 7) is 8.75. The van der Waals surface area contributed by atoms with Gasteiger partial charge in [0.25, 0.3) is 0 Å². The van der Waals surface area contributed by atoms with Crippen molar-refractivity contribution in [2.75, 3.05) is 55.1 Å². The van der Waals surface area contributed by atoms with Crippen LogP contribution in [0.4, 0.5) is 22.1 Å². The van der Waals surface area contributed by atoms with Gasteiger partial charge >= 0.3 is 6.03 Å². The highest BCUT2D eigenvalue weighted by atomic mass is 16.5. The van der Waals surface area contributed by atoms with Crippen LogP contribution in [0, 0.1) is 17.8 Å². The minimum absolute atomic E-state index is 0.0991. The topological polar surface area (TPSA) is 119 Å². The van der Waals surface area contributed by atoms with Gasteiger partial charge in [-0.3, -0.25) is 4.79 Å². The van der Waals surface area contributed by atoms with Crippen molar-refractivity contribution in [1.82, 2.24) is 15.0 Å². The Labute approximate surface area is 265 Å². The number of Topliss-reactive ketones (excluding diaryl/α,β-unsaturated/α-hetero) is 1. The van der Waals surface area contributed by atoms with Crippen molar-refractivity contribution in [2.45, 2.75) is 58.3 Å². The molecule has 0 bridgehead atoms. The van der Waals surface area contributed by atoms with E-state index in [1.165, 1.54) is 0 Å². The summed E-state index contributed by atoms with van der Waals surface area (Å²) in [6, 6.07) is 14.4. The van der Waals surface area contributed by atoms with Gasteiger partial charge in [0.05, 0.1) is 13.2 Å². The fourth-order valence-corrected chi connectivity index (χ4v) is 6.55. The first kappa shape index (κ1) is 31.1. The van der Waals surface area contributed by atoms with Gasteiger partial charge in [0.15, 0.2) is 11.6 Å². The lowest BCUT2D eigenvalue weighted by Crippen LogP contribution is -2.37. The van der Waals surface area contributed by atoms with Crippen LogP contribution in [-0.4, -0.2) is 66.3 Å². The summed E-state index contributed by atoms with van der Waals surface area (Å²) in [4.78, 5) is 42.5. The summed E-state index contributed by atoms with van der Waals surface area (Å²) in [7, 11) is 0. The molecule has 2 amide bonds. The van der Waals surface area contributed by atoms with E-state index in [0.29, 0.717) is 61.1 Å². The van der Waals surface area contributed by atoms with Crippen molar-refractivity contribution >= 4 is 29.1 Å². The third-order valence-corrected chi connectivity index (χ3v) is 9.43. The molecule has 1 aromatic heterocycles. The highest BCUT2D eigenvalue weighted by molar-refractivity contribution is 6.01. The number of carbonyl (C=O) groups excluding carboxylic acids is 2. The maximum absolute atomic E-state index is 13.1. The molecule has 0 atom stereocenters. The Balaban J connectivity index is 1.07. The van der Waals surface area contributed by atoms with Crippen molar-refractivity contribution in [3.8, 4) is 11.4 Å². The Kier molecular flexibility index (Phi) is 10.0. The number of anilines is 3. The normalized spacial score (nSPS) is 21.0. The van der Waals surface area contributed by atoms with Gasteiger partial charge < -0.3 is 25.0 Å². The molecule has 3 heterocycles. The SMILES string of the molecule is CC(C)C1CCC(C(=O)c2ccc(NC(=O)Nc3ccc(-c4nc(C5CCOCC5)nc(N5CCOCC5)n4)cc3)cc2)CC1. The van der Waals surface area contributed by atoms with Crippen LogP contribution in [0.1, 0.15) is 74.5 Å². The smallest absolute Gasteiger partial charge is 0.323 e. The molecule has 3 fully saturated rings. The Morgan fingerprint density at radius 3 is 1.98 bits per heavy atom. The molecule has 2 saturated heterocycles. The van der Waals surface area contributed by atoms with E-state index in [-0.39, 0.29) is 23.7 Å². The van der Waals surface area contributed by atoms with E-state index in [0.717, 1.165) is 68.9 Å². The molecule has 2 aromatic carbocycles. The van der Waals surface area contributed by atoms with Crippen LogP contribution in [-0.2, 0) is 9.47 Å². The van der Waals surface area contributed by atoms with Crippen molar-refractivity contribution in [2.24, 2.45) is 17.8 Å². The number of rotatable bonds is 8. The molecule has 1 aliphatic carbocycles. The van der Waals surface area contributed by atoms with Gasteiger partial charge in [0.2, 0.25) is 5.95 Å². The van der Waals surface area contributed by atoms with Gasteiger partial charge in [-0.1, -0.05) is 13.8 Å². The molecule has 3 aromatic rings. The number of ether oxygens (including phenoxy) is 2. The minimum Gasteiger partial charge on any atom is -0.381 e. The number of aromatic nitrogens is 3. The fourth-order valence-electron chi connectivity index (χ4n) is 6.55. The lowest BCUT2D eigenvalue weighted by molar-refractivity contribution is 0.0835. The fraction of sp³-hybridized carbons (Fsp3) is 0.514. The van der Waals surface area contributed by atoms with E-state index in [9.17, 15) is 9.59 Å². The Bertz CT molecular complexity index is 1410. The summed E-state index contributed by atoms with van der Waals surface area (Å²) in [5.41, 5.74) is 2.83. The summed E-state index contributed by atoms with van der Waals surface area (Å²) in [6.07, 6.45) is 5.95. The number of hydrogen-bond donors (Lipinski definition) is 2. The van der Waals surface area contributed by atoms with Gasteiger partial charge in [0.1, 0.15) is 5.82 Å². The number of nitrogens with zero attached hydrogens (tertiary/aromatic N) is 4. The predicted octanol–water partition coefficient (Wildman–Crippen LogP) is 6.56. The first-order valence-electron chi connectivity index (χ1n) is 16.4. The van der Waals surface area contributed by atoms with Crippen LogP contribution in [0.2, 0.25) is 0 Å². The van der Waals surface area contributed by atoms with Crippen LogP contribution < -0.4 is 15.5 Å². The molecule has 0 unspecified atom stereocenters. The molecule has 0 radical (unpaired) electrons. The van der Waals surface area contributed by atoms with Gasteiger partial charge in [-0.05, 0) is 98.9 Å². The second-order valence-corrected chi connectivity index (χ2v) is 12.8. The lowest BCUT2D eigenvalue weighted by atomic mass is 9.75. The highest BCUT2D eigenvalue weighted by Crippen LogP contribution is 2.35. The van der Waals surface area contributed by atoms with E-state index in [1.54, 1.807) is 12.1 Å².